The number of benzene rings is 2. The van der Waals surface area contributed by atoms with Crippen molar-refractivity contribution in [2.45, 2.75) is 24.5 Å². The number of hydrogen-bond donors (Lipinski definition) is 1. The van der Waals surface area contributed by atoms with Crippen LogP contribution >= 0.6 is 11.8 Å². The van der Waals surface area contributed by atoms with Gasteiger partial charge in [0.15, 0.2) is 5.82 Å². The number of hydrogen-bond acceptors (Lipinski definition) is 5. The topological polar surface area (TPSA) is 68.0 Å². The first kappa shape index (κ1) is 16.3. The van der Waals surface area contributed by atoms with Crippen LogP contribution in [0.1, 0.15) is 27.6 Å². The molecule has 0 spiro atoms. The fraction of sp³-hybridized carbons (Fsp3) is 0.167. The van der Waals surface area contributed by atoms with E-state index in [0.29, 0.717) is 23.0 Å². The molecule has 0 atom stereocenters. The summed E-state index contributed by atoms with van der Waals surface area (Å²) in [7, 11) is 0. The van der Waals surface area contributed by atoms with Crippen molar-refractivity contribution in [1.29, 1.82) is 0 Å². The minimum Gasteiger partial charge on any atom is -0.338 e. The zero-order valence-corrected chi connectivity index (χ0v) is 14.3. The molecule has 1 heterocycles. The third-order valence-corrected chi connectivity index (χ3v) is 4.42. The summed E-state index contributed by atoms with van der Waals surface area (Å²) in [6.45, 7) is 3.79. The molecule has 24 heavy (non-hydrogen) atoms. The lowest BCUT2D eigenvalue weighted by Crippen LogP contribution is -2.12. The molecule has 0 bridgehead atoms. The van der Waals surface area contributed by atoms with Crippen LogP contribution in [-0.2, 0) is 5.75 Å². The average Bonchev–Trinajstić information content (AvgIpc) is 3.01. The van der Waals surface area contributed by atoms with Crippen LogP contribution in [0.15, 0.2) is 57.9 Å². The Morgan fingerprint density at radius 2 is 1.88 bits per heavy atom. The van der Waals surface area contributed by atoms with E-state index in [2.05, 4.69) is 15.5 Å². The van der Waals surface area contributed by atoms with Crippen LogP contribution in [0, 0.1) is 13.8 Å². The number of nitrogens with zero attached hydrogens (tertiary/aromatic N) is 2. The third-order valence-electron chi connectivity index (χ3n) is 3.36. The maximum Gasteiger partial charge on any atom is 0.256 e. The zero-order valence-electron chi connectivity index (χ0n) is 13.4. The molecule has 1 aromatic heterocycles. The molecule has 2 aromatic carbocycles. The van der Waals surface area contributed by atoms with Gasteiger partial charge in [-0.2, -0.15) is 4.98 Å². The van der Waals surface area contributed by atoms with Crippen LogP contribution in [-0.4, -0.2) is 16.0 Å². The van der Waals surface area contributed by atoms with Crippen LogP contribution < -0.4 is 5.32 Å². The maximum absolute atomic E-state index is 12.6. The molecule has 0 aliphatic rings. The highest BCUT2D eigenvalue weighted by molar-refractivity contribution is 7.98. The fourth-order valence-corrected chi connectivity index (χ4v) is 3.04. The van der Waals surface area contributed by atoms with Crippen LogP contribution in [0.25, 0.3) is 0 Å². The first-order valence-corrected chi connectivity index (χ1v) is 8.49. The molecule has 3 rings (SSSR count). The number of anilines is 1. The van der Waals surface area contributed by atoms with E-state index in [1.807, 2.05) is 55.5 Å². The zero-order chi connectivity index (χ0) is 16.9. The van der Waals surface area contributed by atoms with E-state index in [9.17, 15) is 4.79 Å². The van der Waals surface area contributed by atoms with Crippen LogP contribution in [0.5, 0.6) is 0 Å². The van der Waals surface area contributed by atoms with Crippen LogP contribution in [0.2, 0.25) is 0 Å². The molecule has 0 aliphatic heterocycles. The van der Waals surface area contributed by atoms with Crippen molar-refractivity contribution in [1.82, 2.24) is 10.1 Å². The third kappa shape index (κ3) is 4.02. The molecule has 6 heteroatoms. The predicted octanol–water partition coefficient (Wildman–Crippen LogP) is 4.23. The summed E-state index contributed by atoms with van der Waals surface area (Å²) >= 11 is 1.50. The highest BCUT2D eigenvalue weighted by atomic mass is 32.2. The largest absolute Gasteiger partial charge is 0.338 e. The summed E-state index contributed by atoms with van der Waals surface area (Å²) < 4.78 is 5.11. The van der Waals surface area contributed by atoms with Gasteiger partial charge in [-0.25, -0.2) is 0 Å². The summed E-state index contributed by atoms with van der Waals surface area (Å²) in [5.41, 5.74) is 2.55. The SMILES string of the molecule is Cc1ccc(NC(=O)c2ccccc2SCc2nc(C)no2)cc1. The van der Waals surface area contributed by atoms with Crippen molar-refractivity contribution in [3.8, 4) is 0 Å². The Hall–Kier alpha value is -2.60. The Labute approximate surface area is 144 Å². The van der Waals surface area contributed by atoms with E-state index in [-0.39, 0.29) is 5.91 Å². The quantitative estimate of drug-likeness (QED) is 0.705. The average molecular weight is 339 g/mol. The van der Waals surface area contributed by atoms with Crippen molar-refractivity contribution in [3.05, 3.63) is 71.4 Å². The van der Waals surface area contributed by atoms with E-state index in [0.717, 1.165) is 16.1 Å². The van der Waals surface area contributed by atoms with Crippen molar-refractivity contribution in [3.63, 3.8) is 0 Å². The minimum absolute atomic E-state index is 0.135. The first-order chi connectivity index (χ1) is 11.6. The van der Waals surface area contributed by atoms with E-state index in [4.69, 9.17) is 4.52 Å². The number of nitrogens with one attached hydrogen (secondary N) is 1. The smallest absolute Gasteiger partial charge is 0.256 e. The second-order valence-corrected chi connectivity index (χ2v) is 6.36. The maximum atomic E-state index is 12.6. The lowest BCUT2D eigenvalue weighted by Gasteiger charge is -2.09. The Balaban J connectivity index is 1.72. The number of thioether (sulfide) groups is 1. The molecule has 0 aliphatic carbocycles. The molecule has 0 saturated carbocycles. The number of amides is 1. The summed E-state index contributed by atoms with van der Waals surface area (Å²) in [5, 5.41) is 6.70. The van der Waals surface area contributed by atoms with E-state index in [1.54, 1.807) is 6.92 Å². The molecule has 3 aromatic rings. The number of aryl methyl sites for hydroxylation is 2. The van der Waals surface area contributed by atoms with Gasteiger partial charge in [-0.15, -0.1) is 11.8 Å². The molecule has 5 nitrogen and oxygen atoms in total. The van der Waals surface area contributed by atoms with Gasteiger partial charge < -0.3 is 9.84 Å². The highest BCUT2D eigenvalue weighted by Crippen LogP contribution is 2.26. The van der Waals surface area contributed by atoms with Gasteiger partial charge in [0.25, 0.3) is 5.91 Å². The van der Waals surface area contributed by atoms with Gasteiger partial charge in [-0.1, -0.05) is 35.0 Å². The van der Waals surface area contributed by atoms with Gasteiger partial charge >= 0.3 is 0 Å². The van der Waals surface area contributed by atoms with Crippen LogP contribution in [0.4, 0.5) is 5.69 Å². The first-order valence-electron chi connectivity index (χ1n) is 7.51. The monoisotopic (exact) mass is 339 g/mol. The van der Waals surface area contributed by atoms with Crippen molar-refractivity contribution in [2.24, 2.45) is 0 Å². The number of carbonyl (C=O) groups excluding carboxylic acids is 1. The van der Waals surface area contributed by atoms with Crippen LogP contribution in [0.3, 0.4) is 0 Å². The Bertz CT molecular complexity index is 843. The van der Waals surface area contributed by atoms with E-state index >= 15 is 0 Å². The molecule has 0 unspecified atom stereocenters. The number of carbonyl (C=O) groups is 1. The molecule has 1 amide bonds. The molecule has 1 N–H and O–H groups in total. The van der Waals surface area contributed by atoms with Gasteiger partial charge in [0, 0.05) is 10.6 Å². The summed E-state index contributed by atoms with van der Waals surface area (Å²) in [6, 6.07) is 15.2. The highest BCUT2D eigenvalue weighted by Gasteiger charge is 2.13. The van der Waals surface area contributed by atoms with Gasteiger partial charge in [0.1, 0.15) is 0 Å². The molecular weight excluding hydrogens is 322 g/mol. The van der Waals surface area contributed by atoms with Gasteiger partial charge in [0.2, 0.25) is 5.89 Å². The lowest BCUT2D eigenvalue weighted by atomic mass is 10.2. The van der Waals surface area contributed by atoms with Crippen molar-refractivity contribution >= 4 is 23.4 Å². The summed E-state index contributed by atoms with van der Waals surface area (Å²) in [4.78, 5) is 17.6. The van der Waals surface area contributed by atoms with Gasteiger partial charge in [-0.3, -0.25) is 4.79 Å². The Morgan fingerprint density at radius 1 is 1.12 bits per heavy atom. The normalized spacial score (nSPS) is 10.6. The molecule has 0 saturated heterocycles. The predicted molar refractivity (Wildman–Crippen MR) is 94.2 cm³/mol. The van der Waals surface area contributed by atoms with E-state index < -0.39 is 0 Å². The summed E-state index contributed by atoms with van der Waals surface area (Å²) in [6.07, 6.45) is 0. The second kappa shape index (κ2) is 7.31. The summed E-state index contributed by atoms with van der Waals surface area (Å²) in [5.74, 6) is 1.54. The molecule has 122 valence electrons. The van der Waals surface area contributed by atoms with Crippen molar-refractivity contribution < 1.29 is 9.32 Å². The molecule has 0 radical (unpaired) electrons. The number of rotatable bonds is 5. The Kier molecular flexibility index (Phi) is 4.96. The van der Waals surface area contributed by atoms with Crippen molar-refractivity contribution in [2.75, 3.05) is 5.32 Å². The minimum atomic E-state index is -0.135. The second-order valence-electron chi connectivity index (χ2n) is 5.34. The van der Waals surface area contributed by atoms with Gasteiger partial charge in [-0.05, 0) is 38.1 Å². The fourth-order valence-electron chi connectivity index (χ4n) is 2.15. The standard InChI is InChI=1S/C18H17N3O2S/c1-12-7-9-14(10-8-12)20-18(22)15-5-3-4-6-16(15)24-11-17-19-13(2)21-23-17/h3-10H,11H2,1-2H3,(H,20,22). The Morgan fingerprint density at radius 3 is 2.58 bits per heavy atom. The number of aromatic nitrogens is 2. The lowest BCUT2D eigenvalue weighted by molar-refractivity contribution is 0.102. The van der Waals surface area contributed by atoms with Gasteiger partial charge in [0.05, 0.1) is 11.3 Å². The molecule has 0 fully saturated rings. The van der Waals surface area contributed by atoms with E-state index in [1.165, 1.54) is 11.8 Å². The molecular formula is C18H17N3O2S.